The Hall–Kier alpha value is -2.54. The first-order valence-electron chi connectivity index (χ1n) is 8.95. The number of nitrogens with zero attached hydrogens (tertiary/aromatic N) is 2. The molecule has 0 fully saturated rings. The lowest BCUT2D eigenvalue weighted by Crippen LogP contribution is -2.41. The molecule has 0 aliphatic rings. The molecule has 1 unspecified atom stereocenters. The molecule has 0 aliphatic heterocycles. The van der Waals surface area contributed by atoms with Crippen LogP contribution < -0.4 is 16.0 Å². The highest BCUT2D eigenvalue weighted by Gasteiger charge is 2.07. The summed E-state index contributed by atoms with van der Waals surface area (Å²) < 4.78 is 0. The smallest absolute Gasteiger partial charge is 0.227 e. The number of carbonyl (C=O) groups is 1. The van der Waals surface area contributed by atoms with Gasteiger partial charge in [-0.15, -0.1) is 11.8 Å². The third-order valence-electron chi connectivity index (χ3n) is 3.68. The molecule has 7 heteroatoms. The summed E-state index contributed by atoms with van der Waals surface area (Å²) in [5.41, 5.74) is 1.06. The molecule has 0 saturated carbocycles. The molecule has 1 aromatic carbocycles. The van der Waals surface area contributed by atoms with Crippen molar-refractivity contribution in [3.05, 3.63) is 54.2 Å². The molecule has 2 aromatic rings. The number of nitrogens with one attached hydrogen (secondary N) is 3. The number of aliphatic imine (C=N–C) groups is 1. The largest absolute Gasteiger partial charge is 0.356 e. The van der Waals surface area contributed by atoms with Crippen LogP contribution in [0.2, 0.25) is 0 Å². The Morgan fingerprint density at radius 1 is 1.19 bits per heavy atom. The van der Waals surface area contributed by atoms with E-state index in [2.05, 4.69) is 45.0 Å². The number of pyridine rings is 1. The van der Waals surface area contributed by atoms with E-state index < -0.39 is 0 Å². The Balaban J connectivity index is 1.66. The summed E-state index contributed by atoms with van der Waals surface area (Å²) in [6.07, 6.45) is 2.07. The van der Waals surface area contributed by atoms with Crippen molar-refractivity contribution >= 4 is 29.4 Å². The molecule has 1 heterocycles. The Kier molecular flexibility index (Phi) is 8.64. The molecule has 1 amide bonds. The van der Waals surface area contributed by atoms with E-state index >= 15 is 0 Å². The summed E-state index contributed by atoms with van der Waals surface area (Å²) in [6, 6.07) is 14.0. The SMILES string of the molecule is CN=C(NCCC(=O)Nc1ccc(C)cn1)NCC(C)Sc1ccccc1. The van der Waals surface area contributed by atoms with Crippen molar-refractivity contribution < 1.29 is 4.79 Å². The van der Waals surface area contributed by atoms with Crippen LogP contribution in [-0.4, -0.2) is 42.2 Å². The van der Waals surface area contributed by atoms with E-state index in [1.165, 1.54) is 4.90 Å². The number of aryl methyl sites for hydroxylation is 1. The Morgan fingerprint density at radius 3 is 2.63 bits per heavy atom. The Labute approximate surface area is 165 Å². The van der Waals surface area contributed by atoms with Gasteiger partial charge in [-0.25, -0.2) is 4.98 Å². The fraction of sp³-hybridized carbons (Fsp3) is 0.350. The van der Waals surface area contributed by atoms with Crippen LogP contribution in [0.15, 0.2) is 58.5 Å². The van der Waals surface area contributed by atoms with Crippen molar-refractivity contribution in [1.82, 2.24) is 15.6 Å². The summed E-state index contributed by atoms with van der Waals surface area (Å²) in [5, 5.41) is 9.63. The predicted molar refractivity (Wildman–Crippen MR) is 113 cm³/mol. The van der Waals surface area contributed by atoms with Crippen molar-refractivity contribution in [1.29, 1.82) is 0 Å². The van der Waals surface area contributed by atoms with Crippen LogP contribution in [0.25, 0.3) is 0 Å². The van der Waals surface area contributed by atoms with Gasteiger partial charge < -0.3 is 16.0 Å². The maximum absolute atomic E-state index is 12.0. The minimum absolute atomic E-state index is 0.0812. The lowest BCUT2D eigenvalue weighted by atomic mass is 10.3. The molecule has 2 rings (SSSR count). The van der Waals surface area contributed by atoms with Gasteiger partial charge in [0.05, 0.1) is 0 Å². The van der Waals surface area contributed by atoms with Crippen LogP contribution in [0.3, 0.4) is 0 Å². The van der Waals surface area contributed by atoms with E-state index in [9.17, 15) is 4.79 Å². The van der Waals surface area contributed by atoms with E-state index in [4.69, 9.17) is 0 Å². The summed E-state index contributed by atoms with van der Waals surface area (Å²) in [4.78, 5) is 21.6. The molecule has 0 spiro atoms. The maximum Gasteiger partial charge on any atom is 0.227 e. The number of guanidine groups is 1. The summed E-state index contributed by atoms with van der Waals surface area (Å²) in [6.45, 7) is 5.40. The van der Waals surface area contributed by atoms with Gasteiger partial charge in [0.1, 0.15) is 5.82 Å². The fourth-order valence-electron chi connectivity index (χ4n) is 2.28. The number of carbonyl (C=O) groups excluding carboxylic acids is 1. The number of hydrogen-bond acceptors (Lipinski definition) is 4. The number of benzene rings is 1. The van der Waals surface area contributed by atoms with Crippen LogP contribution in [0.5, 0.6) is 0 Å². The van der Waals surface area contributed by atoms with Crippen LogP contribution >= 0.6 is 11.8 Å². The van der Waals surface area contributed by atoms with Gasteiger partial charge in [0.15, 0.2) is 5.96 Å². The second kappa shape index (κ2) is 11.2. The van der Waals surface area contributed by atoms with Crippen molar-refractivity contribution in [2.24, 2.45) is 4.99 Å². The van der Waals surface area contributed by atoms with Crippen molar-refractivity contribution in [3.63, 3.8) is 0 Å². The van der Waals surface area contributed by atoms with Gasteiger partial charge in [0.2, 0.25) is 5.91 Å². The van der Waals surface area contributed by atoms with Crippen molar-refractivity contribution in [2.45, 2.75) is 30.4 Å². The molecule has 6 nitrogen and oxygen atoms in total. The van der Waals surface area contributed by atoms with Crippen LogP contribution in [0.1, 0.15) is 18.9 Å². The molecule has 0 radical (unpaired) electrons. The van der Waals surface area contributed by atoms with Gasteiger partial charge in [-0.3, -0.25) is 9.79 Å². The molecule has 0 aliphatic carbocycles. The first kappa shape index (κ1) is 20.8. The van der Waals surface area contributed by atoms with E-state index in [1.54, 1.807) is 19.3 Å². The molecular weight excluding hydrogens is 358 g/mol. The first-order valence-corrected chi connectivity index (χ1v) is 9.83. The van der Waals surface area contributed by atoms with Gasteiger partial charge in [-0.05, 0) is 30.7 Å². The van der Waals surface area contributed by atoms with Gasteiger partial charge in [0.25, 0.3) is 0 Å². The zero-order chi connectivity index (χ0) is 19.5. The topological polar surface area (TPSA) is 78.4 Å². The van der Waals surface area contributed by atoms with Crippen LogP contribution in [0, 0.1) is 6.92 Å². The highest BCUT2D eigenvalue weighted by atomic mass is 32.2. The number of hydrogen-bond donors (Lipinski definition) is 3. The van der Waals surface area contributed by atoms with E-state index in [-0.39, 0.29) is 5.91 Å². The monoisotopic (exact) mass is 385 g/mol. The average Bonchev–Trinajstić information content (AvgIpc) is 2.67. The fourth-order valence-corrected chi connectivity index (χ4v) is 3.22. The summed E-state index contributed by atoms with van der Waals surface area (Å²) >= 11 is 1.81. The molecule has 0 saturated heterocycles. The quantitative estimate of drug-likeness (QED) is 0.370. The minimum atomic E-state index is -0.0812. The number of amides is 1. The second-order valence-corrected chi connectivity index (χ2v) is 7.65. The Morgan fingerprint density at radius 2 is 1.96 bits per heavy atom. The zero-order valence-corrected chi connectivity index (χ0v) is 16.8. The number of thioether (sulfide) groups is 1. The maximum atomic E-state index is 12.0. The Bertz CT molecular complexity index is 734. The predicted octanol–water partition coefficient (Wildman–Crippen LogP) is 3.06. The van der Waals surface area contributed by atoms with Gasteiger partial charge in [0, 0.05) is 42.9 Å². The van der Waals surface area contributed by atoms with E-state index in [0.29, 0.717) is 30.0 Å². The highest BCUT2D eigenvalue weighted by Crippen LogP contribution is 2.21. The molecule has 27 heavy (non-hydrogen) atoms. The average molecular weight is 386 g/mol. The standard InChI is InChI=1S/C20H27N5OS/c1-15-9-10-18(23-13-15)25-19(26)11-12-22-20(21-3)24-14-16(2)27-17-7-5-4-6-8-17/h4-10,13,16H,11-12,14H2,1-3H3,(H2,21,22,24)(H,23,25,26). The summed E-state index contributed by atoms with van der Waals surface area (Å²) in [7, 11) is 1.72. The lowest BCUT2D eigenvalue weighted by Gasteiger charge is -2.16. The third kappa shape index (κ3) is 8.13. The van der Waals surface area contributed by atoms with E-state index in [0.717, 1.165) is 12.1 Å². The van der Waals surface area contributed by atoms with Crippen LogP contribution in [-0.2, 0) is 4.79 Å². The number of rotatable bonds is 8. The van der Waals surface area contributed by atoms with Crippen molar-refractivity contribution in [2.75, 3.05) is 25.5 Å². The second-order valence-electron chi connectivity index (χ2n) is 6.14. The van der Waals surface area contributed by atoms with Crippen LogP contribution in [0.4, 0.5) is 5.82 Å². The molecule has 1 aromatic heterocycles. The third-order valence-corrected chi connectivity index (χ3v) is 4.80. The first-order chi connectivity index (χ1) is 13.1. The molecule has 144 valence electrons. The zero-order valence-electron chi connectivity index (χ0n) is 16.0. The molecule has 3 N–H and O–H groups in total. The minimum Gasteiger partial charge on any atom is -0.356 e. The summed E-state index contributed by atoms with van der Waals surface area (Å²) in [5.74, 6) is 1.18. The normalized spacial score (nSPS) is 12.3. The number of aromatic nitrogens is 1. The number of anilines is 1. The highest BCUT2D eigenvalue weighted by molar-refractivity contribution is 8.00. The molecule has 0 bridgehead atoms. The lowest BCUT2D eigenvalue weighted by molar-refractivity contribution is -0.116. The molecular formula is C20H27N5OS. The van der Waals surface area contributed by atoms with Gasteiger partial charge >= 0.3 is 0 Å². The van der Waals surface area contributed by atoms with Gasteiger partial charge in [-0.1, -0.05) is 31.2 Å². The molecule has 1 atom stereocenters. The van der Waals surface area contributed by atoms with Gasteiger partial charge in [-0.2, -0.15) is 0 Å². The van der Waals surface area contributed by atoms with Crippen molar-refractivity contribution in [3.8, 4) is 0 Å². The van der Waals surface area contributed by atoms with E-state index in [1.807, 2.05) is 43.0 Å².